The van der Waals surface area contributed by atoms with Crippen LogP contribution in [0.1, 0.15) is 44.7 Å². The van der Waals surface area contributed by atoms with Crippen LogP contribution in [0.2, 0.25) is 0 Å². The fraction of sp³-hybridized carbons (Fsp3) is 0.350. The number of hydrogen-bond donors (Lipinski definition) is 0. The van der Waals surface area contributed by atoms with Crippen molar-refractivity contribution in [3.05, 3.63) is 53.6 Å². The van der Waals surface area contributed by atoms with Crippen molar-refractivity contribution in [1.29, 1.82) is 0 Å². The van der Waals surface area contributed by atoms with Crippen LogP contribution >= 0.6 is 0 Å². The number of allylic oxidation sites excluding steroid dienone is 3. The summed E-state index contributed by atoms with van der Waals surface area (Å²) in [6, 6.07) is 9.13. The molecule has 23 heavy (non-hydrogen) atoms. The number of aliphatic imine (C=N–C) groups is 1. The largest absolute Gasteiger partial charge is 0.333 e. The van der Waals surface area contributed by atoms with Gasteiger partial charge in [-0.3, -0.25) is 4.99 Å². The maximum absolute atomic E-state index is 4.52. The topological polar surface area (TPSA) is 20.5 Å². The molecule has 116 valence electrons. The van der Waals surface area contributed by atoms with Crippen molar-refractivity contribution < 1.29 is 0 Å². The molecule has 2 aliphatic heterocycles. The lowest BCUT2D eigenvalue weighted by atomic mass is 9.90. The van der Waals surface area contributed by atoms with Crippen molar-refractivity contribution in [3.8, 4) is 0 Å². The summed E-state index contributed by atoms with van der Waals surface area (Å²) in [6.07, 6.45) is 9.94. The molecule has 0 saturated heterocycles. The fourth-order valence-electron chi connectivity index (χ4n) is 4.44. The Hall–Kier alpha value is -2.29. The minimum Gasteiger partial charge on any atom is -0.333 e. The van der Waals surface area contributed by atoms with E-state index >= 15 is 0 Å². The van der Waals surface area contributed by atoms with Gasteiger partial charge in [0.1, 0.15) is 0 Å². The molecule has 1 aliphatic carbocycles. The molecule has 2 unspecified atom stereocenters. The van der Waals surface area contributed by atoms with E-state index in [1.54, 1.807) is 0 Å². The average Bonchev–Trinajstić information content (AvgIpc) is 2.93. The van der Waals surface area contributed by atoms with Gasteiger partial charge in [0.2, 0.25) is 0 Å². The Morgan fingerprint density at radius 2 is 2.09 bits per heavy atom. The molecule has 3 heterocycles. The molecule has 1 aromatic heterocycles. The Kier molecular flexibility index (Phi) is 2.64. The molecule has 2 atom stereocenters. The minimum absolute atomic E-state index is 0.218. The second-order valence-electron chi connectivity index (χ2n) is 7.10. The van der Waals surface area contributed by atoms with Crippen LogP contribution in [0.3, 0.4) is 0 Å². The summed E-state index contributed by atoms with van der Waals surface area (Å²) in [5.41, 5.74) is 6.95. The fourth-order valence-corrected chi connectivity index (χ4v) is 4.44. The number of hydrogen-bond acceptors (Lipinski definition) is 2. The van der Waals surface area contributed by atoms with E-state index in [2.05, 4.69) is 65.0 Å². The molecule has 3 heteroatoms. The van der Waals surface area contributed by atoms with Crippen LogP contribution in [0.4, 0.5) is 0 Å². The summed E-state index contributed by atoms with van der Waals surface area (Å²) in [4.78, 5) is 7.05. The Morgan fingerprint density at radius 1 is 1.17 bits per heavy atom. The van der Waals surface area contributed by atoms with Gasteiger partial charge in [-0.1, -0.05) is 25.1 Å². The molecule has 5 rings (SSSR count). The highest BCUT2D eigenvalue weighted by molar-refractivity contribution is 5.91. The van der Waals surface area contributed by atoms with Crippen LogP contribution in [0.5, 0.6) is 0 Å². The van der Waals surface area contributed by atoms with E-state index < -0.39 is 0 Å². The average molecular weight is 303 g/mol. The van der Waals surface area contributed by atoms with Crippen LogP contribution in [-0.2, 0) is 0 Å². The van der Waals surface area contributed by atoms with Gasteiger partial charge in [0.25, 0.3) is 0 Å². The molecule has 3 nitrogen and oxygen atoms in total. The highest BCUT2D eigenvalue weighted by atomic mass is 15.2. The van der Waals surface area contributed by atoms with E-state index in [4.69, 9.17) is 0 Å². The van der Waals surface area contributed by atoms with Gasteiger partial charge < -0.3 is 9.47 Å². The quantitative estimate of drug-likeness (QED) is 0.675. The molecule has 2 aromatic rings. The first-order valence-electron chi connectivity index (χ1n) is 8.55. The zero-order valence-electron chi connectivity index (χ0n) is 13.7. The van der Waals surface area contributed by atoms with Crippen molar-refractivity contribution in [2.75, 3.05) is 0 Å². The summed E-state index contributed by atoms with van der Waals surface area (Å²) < 4.78 is 2.45. The number of benzene rings is 1. The zero-order chi connectivity index (χ0) is 15.6. The molecule has 0 N–H and O–H groups in total. The molecule has 0 saturated carbocycles. The molecular weight excluding hydrogens is 282 g/mol. The molecule has 0 fully saturated rings. The third-order valence-electron chi connectivity index (χ3n) is 5.54. The van der Waals surface area contributed by atoms with E-state index in [0.29, 0.717) is 0 Å². The van der Waals surface area contributed by atoms with Crippen LogP contribution in [0.25, 0.3) is 16.6 Å². The second kappa shape index (κ2) is 4.60. The van der Waals surface area contributed by atoms with E-state index in [0.717, 1.165) is 18.8 Å². The summed E-state index contributed by atoms with van der Waals surface area (Å²) in [6.45, 7) is 4.56. The summed E-state index contributed by atoms with van der Waals surface area (Å²) in [5, 5.41) is 1.33. The van der Waals surface area contributed by atoms with Crippen LogP contribution < -0.4 is 0 Å². The van der Waals surface area contributed by atoms with Gasteiger partial charge in [-0.2, -0.15) is 0 Å². The van der Waals surface area contributed by atoms with Crippen LogP contribution in [-0.4, -0.2) is 15.7 Å². The molecule has 1 aromatic carbocycles. The van der Waals surface area contributed by atoms with Gasteiger partial charge in [-0.25, -0.2) is 0 Å². The van der Waals surface area contributed by atoms with Gasteiger partial charge in [0, 0.05) is 46.7 Å². The number of aromatic nitrogens is 1. The van der Waals surface area contributed by atoms with Gasteiger partial charge >= 0.3 is 0 Å². The SMILES string of the molecule is CC1=CN=CC2c3cccc4ccn(c34)C3=C(CC(C)CC3)N12. The molecule has 3 aliphatic rings. The van der Waals surface area contributed by atoms with Crippen molar-refractivity contribution in [1.82, 2.24) is 9.47 Å². The number of para-hydroxylation sites is 1. The molecule has 0 radical (unpaired) electrons. The van der Waals surface area contributed by atoms with Crippen molar-refractivity contribution in [2.45, 2.75) is 39.2 Å². The van der Waals surface area contributed by atoms with Gasteiger partial charge in [0.05, 0.1) is 11.6 Å². The standard InChI is InChI=1S/C20H21N3/c1-13-6-7-17-18(10-13)23-14(2)11-21-12-19(23)16-5-3-4-15-8-9-22(17)20(15)16/h3-5,8-9,11-13,19H,6-7,10H2,1-2H3. The lowest BCUT2D eigenvalue weighted by Crippen LogP contribution is -2.31. The van der Waals surface area contributed by atoms with E-state index in [-0.39, 0.29) is 6.04 Å². The third kappa shape index (κ3) is 1.73. The molecule has 0 amide bonds. The first kappa shape index (κ1) is 13.2. The Labute approximate surface area is 136 Å². The maximum Gasteiger partial charge on any atom is 0.0961 e. The first-order valence-corrected chi connectivity index (χ1v) is 8.55. The summed E-state index contributed by atoms with van der Waals surface area (Å²) in [7, 11) is 0. The number of rotatable bonds is 0. The summed E-state index contributed by atoms with van der Waals surface area (Å²) in [5.74, 6) is 0.744. The molecular formula is C20H21N3. The van der Waals surface area contributed by atoms with E-state index in [1.165, 1.54) is 40.0 Å². The van der Waals surface area contributed by atoms with E-state index in [1.807, 2.05) is 6.20 Å². The summed E-state index contributed by atoms with van der Waals surface area (Å²) >= 11 is 0. The van der Waals surface area contributed by atoms with Gasteiger partial charge in [0.15, 0.2) is 0 Å². The predicted molar refractivity (Wildman–Crippen MR) is 95.0 cm³/mol. The van der Waals surface area contributed by atoms with Crippen molar-refractivity contribution in [2.24, 2.45) is 10.9 Å². The minimum atomic E-state index is 0.218. The number of nitrogens with zero attached hydrogens (tertiary/aromatic N) is 3. The molecule has 0 spiro atoms. The highest BCUT2D eigenvalue weighted by Gasteiger charge is 2.34. The molecule has 0 bridgehead atoms. The van der Waals surface area contributed by atoms with Crippen molar-refractivity contribution in [3.63, 3.8) is 0 Å². The normalized spacial score (nSPS) is 26.0. The second-order valence-corrected chi connectivity index (χ2v) is 7.10. The zero-order valence-corrected chi connectivity index (χ0v) is 13.7. The Morgan fingerprint density at radius 3 is 3.00 bits per heavy atom. The van der Waals surface area contributed by atoms with Gasteiger partial charge in [-0.05, 0) is 38.2 Å². The third-order valence-corrected chi connectivity index (χ3v) is 5.54. The van der Waals surface area contributed by atoms with Crippen LogP contribution in [0.15, 0.2) is 53.0 Å². The smallest absolute Gasteiger partial charge is 0.0961 e. The lowest BCUT2D eigenvalue weighted by molar-refractivity contribution is 0.340. The lowest BCUT2D eigenvalue weighted by Gasteiger charge is -2.38. The Balaban J connectivity index is 1.87. The van der Waals surface area contributed by atoms with E-state index in [9.17, 15) is 0 Å². The highest BCUT2D eigenvalue weighted by Crippen LogP contribution is 2.45. The van der Waals surface area contributed by atoms with Crippen LogP contribution in [0, 0.1) is 5.92 Å². The first-order chi connectivity index (χ1) is 11.2. The Bertz CT molecular complexity index is 897. The number of fused-ring (bicyclic) bond motifs is 4. The maximum atomic E-state index is 4.52. The predicted octanol–water partition coefficient (Wildman–Crippen LogP) is 4.93. The van der Waals surface area contributed by atoms with Crippen molar-refractivity contribution >= 4 is 22.8 Å². The van der Waals surface area contributed by atoms with Gasteiger partial charge in [-0.15, -0.1) is 0 Å². The monoisotopic (exact) mass is 303 g/mol.